The van der Waals surface area contributed by atoms with Gasteiger partial charge < -0.3 is 20.4 Å². The van der Waals surface area contributed by atoms with Crippen LogP contribution < -0.4 is 10.6 Å². The first-order chi connectivity index (χ1) is 10.7. The third kappa shape index (κ3) is 5.59. The highest BCUT2D eigenvalue weighted by Gasteiger charge is 2.11. The van der Waals surface area contributed by atoms with Gasteiger partial charge in [-0.2, -0.15) is 0 Å². The summed E-state index contributed by atoms with van der Waals surface area (Å²) in [5.74, 6) is 0.889. The Balaban J connectivity index is 1.67. The van der Waals surface area contributed by atoms with Gasteiger partial charge in [-0.25, -0.2) is 0 Å². The number of likely N-dealkylation sites (N-methyl/N-ethyl adjacent to an activating group) is 1. The Bertz CT molecular complexity index is 471. The highest BCUT2D eigenvalue weighted by atomic mass is 32.1. The zero-order chi connectivity index (χ0) is 15.8. The van der Waals surface area contributed by atoms with Gasteiger partial charge in [0.1, 0.15) is 0 Å². The third-order valence-corrected chi connectivity index (χ3v) is 5.16. The van der Waals surface area contributed by atoms with E-state index in [9.17, 15) is 0 Å². The van der Waals surface area contributed by atoms with Gasteiger partial charge in [0.05, 0.1) is 6.54 Å². The van der Waals surface area contributed by atoms with E-state index in [1.54, 1.807) is 11.3 Å². The molecular weight excluding hydrogens is 294 g/mol. The van der Waals surface area contributed by atoms with Gasteiger partial charge in [0, 0.05) is 38.1 Å². The molecule has 0 aromatic carbocycles. The number of rotatable bonds is 5. The predicted molar refractivity (Wildman–Crippen MR) is 95.8 cm³/mol. The molecule has 0 aliphatic carbocycles. The summed E-state index contributed by atoms with van der Waals surface area (Å²) >= 11 is 1.79. The van der Waals surface area contributed by atoms with Crippen LogP contribution in [0.1, 0.15) is 16.9 Å². The van der Waals surface area contributed by atoms with Crippen molar-refractivity contribution in [2.45, 2.75) is 19.9 Å². The zero-order valence-electron chi connectivity index (χ0n) is 14.1. The van der Waals surface area contributed by atoms with E-state index in [0.29, 0.717) is 0 Å². The van der Waals surface area contributed by atoms with Crippen LogP contribution in [0, 0.1) is 6.92 Å². The summed E-state index contributed by atoms with van der Waals surface area (Å²) in [7, 11) is 4.04. The molecule has 0 saturated carbocycles. The molecule has 0 amide bonds. The maximum Gasteiger partial charge on any atom is 0.191 e. The molecule has 1 aliphatic rings. The Labute approximate surface area is 138 Å². The number of guanidine groups is 1. The molecule has 1 aromatic rings. The van der Waals surface area contributed by atoms with Gasteiger partial charge in [-0.15, -0.1) is 11.3 Å². The molecule has 6 heteroatoms. The summed E-state index contributed by atoms with van der Waals surface area (Å²) in [5, 5.41) is 8.95. The molecule has 0 radical (unpaired) electrons. The van der Waals surface area contributed by atoms with Crippen molar-refractivity contribution in [3.05, 3.63) is 21.9 Å². The number of hydrogen-bond donors (Lipinski definition) is 2. The molecule has 0 spiro atoms. The fraction of sp³-hybridized carbons (Fsp3) is 0.688. The largest absolute Gasteiger partial charge is 0.355 e. The van der Waals surface area contributed by atoms with Crippen molar-refractivity contribution in [3.63, 3.8) is 0 Å². The van der Waals surface area contributed by atoms with Crippen molar-refractivity contribution in [1.29, 1.82) is 0 Å². The molecule has 0 bridgehead atoms. The molecule has 0 unspecified atom stereocenters. The summed E-state index contributed by atoms with van der Waals surface area (Å²) in [4.78, 5) is 10.6. The smallest absolute Gasteiger partial charge is 0.191 e. The molecule has 5 nitrogen and oxygen atoms in total. The quantitative estimate of drug-likeness (QED) is 0.634. The van der Waals surface area contributed by atoms with Crippen molar-refractivity contribution in [3.8, 4) is 0 Å². The van der Waals surface area contributed by atoms with E-state index in [0.717, 1.165) is 25.6 Å². The van der Waals surface area contributed by atoms with Crippen molar-refractivity contribution in [2.24, 2.45) is 4.99 Å². The Morgan fingerprint density at radius 3 is 2.86 bits per heavy atom. The minimum absolute atomic E-state index is 0.845. The second kappa shape index (κ2) is 9.12. The van der Waals surface area contributed by atoms with Crippen LogP contribution in [-0.2, 0) is 6.54 Å². The van der Waals surface area contributed by atoms with Gasteiger partial charge in [-0.1, -0.05) is 0 Å². The SMILES string of the molecule is CN=C(NCCN1CCCN(C)CC1)NCc1sccc1C. The lowest BCUT2D eigenvalue weighted by Gasteiger charge is -2.21. The molecule has 1 aromatic heterocycles. The Hall–Kier alpha value is -1.11. The summed E-state index contributed by atoms with van der Waals surface area (Å²) in [6, 6.07) is 2.16. The number of thiophene rings is 1. The fourth-order valence-electron chi connectivity index (χ4n) is 2.63. The maximum absolute atomic E-state index is 4.30. The fourth-order valence-corrected chi connectivity index (χ4v) is 3.47. The van der Waals surface area contributed by atoms with Crippen LogP contribution in [-0.4, -0.2) is 69.1 Å². The topological polar surface area (TPSA) is 42.9 Å². The van der Waals surface area contributed by atoms with Crippen LogP contribution >= 0.6 is 11.3 Å². The summed E-state index contributed by atoms with van der Waals surface area (Å²) in [6.07, 6.45) is 1.27. The number of aliphatic imine (C=N–C) groups is 1. The first-order valence-electron chi connectivity index (χ1n) is 8.07. The molecule has 2 rings (SSSR count). The normalized spacial score (nSPS) is 18.2. The van der Waals surface area contributed by atoms with E-state index in [4.69, 9.17) is 0 Å². The van der Waals surface area contributed by atoms with Gasteiger partial charge in [0.15, 0.2) is 5.96 Å². The highest BCUT2D eigenvalue weighted by molar-refractivity contribution is 7.10. The number of aryl methyl sites for hydroxylation is 1. The van der Waals surface area contributed by atoms with E-state index in [2.05, 4.69) is 50.8 Å². The van der Waals surface area contributed by atoms with Crippen LogP contribution in [0.5, 0.6) is 0 Å². The molecule has 1 aliphatic heterocycles. The van der Waals surface area contributed by atoms with E-state index in [1.165, 1.54) is 43.0 Å². The van der Waals surface area contributed by atoms with Crippen LogP contribution in [0.25, 0.3) is 0 Å². The molecular formula is C16H29N5S. The van der Waals surface area contributed by atoms with Crippen molar-refractivity contribution >= 4 is 17.3 Å². The van der Waals surface area contributed by atoms with Gasteiger partial charge >= 0.3 is 0 Å². The lowest BCUT2D eigenvalue weighted by molar-refractivity contribution is 0.280. The molecule has 2 heterocycles. The molecule has 1 saturated heterocycles. The van der Waals surface area contributed by atoms with Crippen LogP contribution in [0.2, 0.25) is 0 Å². The molecule has 1 fully saturated rings. The Kier molecular flexibility index (Phi) is 7.15. The zero-order valence-corrected chi connectivity index (χ0v) is 14.9. The first-order valence-corrected chi connectivity index (χ1v) is 8.95. The molecule has 22 heavy (non-hydrogen) atoms. The molecule has 2 N–H and O–H groups in total. The van der Waals surface area contributed by atoms with E-state index >= 15 is 0 Å². The first kappa shape index (κ1) is 17.2. The average Bonchev–Trinajstić information content (AvgIpc) is 2.80. The Morgan fingerprint density at radius 1 is 1.27 bits per heavy atom. The lowest BCUT2D eigenvalue weighted by Crippen LogP contribution is -2.42. The van der Waals surface area contributed by atoms with E-state index in [-0.39, 0.29) is 0 Å². The minimum Gasteiger partial charge on any atom is -0.355 e. The maximum atomic E-state index is 4.30. The summed E-state index contributed by atoms with van der Waals surface area (Å²) < 4.78 is 0. The van der Waals surface area contributed by atoms with Crippen molar-refractivity contribution in [2.75, 3.05) is 53.4 Å². The van der Waals surface area contributed by atoms with Gasteiger partial charge in [0.2, 0.25) is 0 Å². The standard InChI is InChI=1S/C16H29N5S/c1-14-5-12-22-15(14)13-19-16(17-2)18-6-9-21-8-4-7-20(3)10-11-21/h5,12H,4,6-11,13H2,1-3H3,(H2,17,18,19). The monoisotopic (exact) mass is 323 g/mol. The van der Waals surface area contributed by atoms with E-state index < -0.39 is 0 Å². The Morgan fingerprint density at radius 2 is 2.14 bits per heavy atom. The summed E-state index contributed by atoms with van der Waals surface area (Å²) in [6.45, 7) is 9.76. The van der Waals surface area contributed by atoms with Gasteiger partial charge in [-0.05, 0) is 50.5 Å². The van der Waals surface area contributed by atoms with Crippen LogP contribution in [0.15, 0.2) is 16.4 Å². The van der Waals surface area contributed by atoms with E-state index in [1.807, 2.05) is 7.05 Å². The van der Waals surface area contributed by atoms with Gasteiger partial charge in [0.25, 0.3) is 0 Å². The highest BCUT2D eigenvalue weighted by Crippen LogP contribution is 2.14. The number of nitrogens with one attached hydrogen (secondary N) is 2. The average molecular weight is 324 g/mol. The minimum atomic E-state index is 0.845. The second-order valence-electron chi connectivity index (χ2n) is 5.88. The molecule has 0 atom stereocenters. The number of hydrogen-bond acceptors (Lipinski definition) is 4. The van der Waals surface area contributed by atoms with Crippen LogP contribution in [0.4, 0.5) is 0 Å². The lowest BCUT2D eigenvalue weighted by atomic mass is 10.3. The molecule has 124 valence electrons. The van der Waals surface area contributed by atoms with Crippen molar-refractivity contribution in [1.82, 2.24) is 20.4 Å². The van der Waals surface area contributed by atoms with Crippen LogP contribution in [0.3, 0.4) is 0 Å². The number of nitrogens with zero attached hydrogens (tertiary/aromatic N) is 3. The predicted octanol–water partition coefficient (Wildman–Crippen LogP) is 1.36. The van der Waals surface area contributed by atoms with Gasteiger partial charge in [-0.3, -0.25) is 4.99 Å². The third-order valence-electron chi connectivity index (χ3n) is 4.14. The second-order valence-corrected chi connectivity index (χ2v) is 6.88. The van der Waals surface area contributed by atoms with Crippen molar-refractivity contribution < 1.29 is 0 Å². The summed E-state index contributed by atoms with van der Waals surface area (Å²) in [5.41, 5.74) is 1.35.